The van der Waals surface area contributed by atoms with E-state index in [9.17, 15) is 4.79 Å². The Labute approximate surface area is 159 Å². The molecule has 1 fully saturated rings. The summed E-state index contributed by atoms with van der Waals surface area (Å²) >= 11 is 5.97. The van der Waals surface area contributed by atoms with Crippen LogP contribution in [0.4, 0.5) is 0 Å². The van der Waals surface area contributed by atoms with Crippen LogP contribution in [0.1, 0.15) is 42.2 Å². The third kappa shape index (κ3) is 4.00. The minimum Gasteiger partial charge on any atom is -0.337 e. The predicted octanol–water partition coefficient (Wildman–Crippen LogP) is 3.50. The first-order valence-electron chi connectivity index (χ1n) is 8.30. The predicted molar refractivity (Wildman–Crippen MR) is 103 cm³/mol. The van der Waals surface area contributed by atoms with Gasteiger partial charge in [0.2, 0.25) is 0 Å². The fourth-order valence-electron chi connectivity index (χ4n) is 3.19. The first-order chi connectivity index (χ1) is 11.5. The lowest BCUT2D eigenvalue weighted by Crippen LogP contribution is -2.38. The van der Waals surface area contributed by atoms with E-state index >= 15 is 0 Å². The molecule has 0 radical (unpaired) electrons. The number of benzene rings is 1. The van der Waals surface area contributed by atoms with E-state index < -0.39 is 0 Å². The molecule has 1 N–H and O–H groups in total. The summed E-state index contributed by atoms with van der Waals surface area (Å²) in [6.07, 6.45) is 2.68. The maximum absolute atomic E-state index is 13.0. The second-order valence-electron chi connectivity index (χ2n) is 6.55. The number of hydrogen-bond donors (Lipinski definition) is 1. The molecule has 1 aliphatic rings. The molecule has 1 saturated heterocycles. The lowest BCUT2D eigenvalue weighted by Gasteiger charge is -2.24. The first kappa shape index (κ1) is 19.8. The van der Waals surface area contributed by atoms with Gasteiger partial charge in [-0.15, -0.1) is 12.4 Å². The minimum absolute atomic E-state index is 0. The molecular formula is C18H24Cl2N4O. The minimum atomic E-state index is 0. The van der Waals surface area contributed by atoms with Crippen molar-refractivity contribution in [3.8, 4) is 5.69 Å². The van der Waals surface area contributed by atoms with Gasteiger partial charge in [-0.1, -0.05) is 25.4 Å². The Hall–Kier alpha value is -1.56. The fraction of sp³-hybridized carbons (Fsp3) is 0.444. The molecule has 2 aromatic rings. The highest BCUT2D eigenvalue weighted by atomic mass is 35.5. The van der Waals surface area contributed by atoms with Crippen LogP contribution in [-0.2, 0) is 0 Å². The van der Waals surface area contributed by atoms with Crippen LogP contribution in [0.2, 0.25) is 5.02 Å². The van der Waals surface area contributed by atoms with E-state index in [-0.39, 0.29) is 30.3 Å². The monoisotopic (exact) mass is 382 g/mol. The molecule has 3 rings (SSSR count). The van der Waals surface area contributed by atoms with Crippen molar-refractivity contribution in [1.82, 2.24) is 20.0 Å². The molecule has 136 valence electrons. The van der Waals surface area contributed by atoms with E-state index in [0.717, 1.165) is 30.9 Å². The number of likely N-dealkylation sites (N-methyl/N-ethyl adjacent to an activating group) is 1. The maximum atomic E-state index is 13.0. The van der Waals surface area contributed by atoms with Gasteiger partial charge in [0.15, 0.2) is 0 Å². The standard InChI is InChI=1S/C18H23ClN4O.ClH/c1-12(2)17-16(18(24)22(3)15-8-9-20-10-15)11-21-23(17)14-6-4-13(19)5-7-14;/h4-7,11-12,15,20H,8-10H2,1-3H3;1H. The first-order valence-corrected chi connectivity index (χ1v) is 8.68. The molecule has 25 heavy (non-hydrogen) atoms. The van der Waals surface area contributed by atoms with Crippen LogP contribution in [0.3, 0.4) is 0 Å². The van der Waals surface area contributed by atoms with Gasteiger partial charge < -0.3 is 10.2 Å². The Morgan fingerprint density at radius 1 is 1.36 bits per heavy atom. The van der Waals surface area contributed by atoms with Gasteiger partial charge in [-0.25, -0.2) is 4.68 Å². The van der Waals surface area contributed by atoms with E-state index in [1.165, 1.54) is 0 Å². The summed E-state index contributed by atoms with van der Waals surface area (Å²) < 4.78 is 1.84. The van der Waals surface area contributed by atoms with Crippen molar-refractivity contribution in [1.29, 1.82) is 0 Å². The molecule has 2 heterocycles. The van der Waals surface area contributed by atoms with Crippen molar-refractivity contribution >= 4 is 29.9 Å². The zero-order valence-electron chi connectivity index (χ0n) is 14.7. The number of aromatic nitrogens is 2. The Morgan fingerprint density at radius 2 is 2.04 bits per heavy atom. The van der Waals surface area contributed by atoms with Gasteiger partial charge >= 0.3 is 0 Å². The number of halogens is 2. The molecule has 0 spiro atoms. The molecule has 1 aliphatic heterocycles. The highest BCUT2D eigenvalue weighted by Crippen LogP contribution is 2.25. The summed E-state index contributed by atoms with van der Waals surface area (Å²) in [5.41, 5.74) is 2.52. The lowest BCUT2D eigenvalue weighted by atomic mass is 10.0. The summed E-state index contributed by atoms with van der Waals surface area (Å²) in [6, 6.07) is 7.75. The summed E-state index contributed by atoms with van der Waals surface area (Å²) in [5, 5.41) is 8.47. The quantitative estimate of drug-likeness (QED) is 0.879. The van der Waals surface area contributed by atoms with Crippen LogP contribution in [0, 0.1) is 0 Å². The smallest absolute Gasteiger partial charge is 0.257 e. The second kappa shape index (κ2) is 8.21. The van der Waals surface area contributed by atoms with E-state index in [2.05, 4.69) is 24.3 Å². The number of hydrogen-bond acceptors (Lipinski definition) is 3. The number of carbonyl (C=O) groups excluding carboxylic acids is 1. The van der Waals surface area contributed by atoms with Crippen LogP contribution in [0.15, 0.2) is 30.5 Å². The van der Waals surface area contributed by atoms with Crippen molar-refractivity contribution in [2.45, 2.75) is 32.2 Å². The van der Waals surface area contributed by atoms with Crippen LogP contribution in [0.5, 0.6) is 0 Å². The largest absolute Gasteiger partial charge is 0.337 e. The Balaban J connectivity index is 0.00000225. The highest BCUT2D eigenvalue weighted by molar-refractivity contribution is 6.30. The number of nitrogens with one attached hydrogen (secondary N) is 1. The molecule has 0 bridgehead atoms. The van der Waals surface area contributed by atoms with Gasteiger partial charge in [-0.3, -0.25) is 4.79 Å². The topological polar surface area (TPSA) is 50.2 Å². The summed E-state index contributed by atoms with van der Waals surface area (Å²) in [4.78, 5) is 14.8. The summed E-state index contributed by atoms with van der Waals surface area (Å²) in [5.74, 6) is 0.213. The fourth-order valence-corrected chi connectivity index (χ4v) is 3.32. The van der Waals surface area contributed by atoms with Gasteiger partial charge in [0.25, 0.3) is 5.91 Å². The second-order valence-corrected chi connectivity index (χ2v) is 6.99. The average molecular weight is 383 g/mol. The SMILES string of the molecule is CC(C)c1c(C(=O)N(C)C2CCNC2)cnn1-c1ccc(Cl)cc1.Cl. The number of carbonyl (C=O) groups is 1. The Bertz CT molecular complexity index is 721. The molecule has 1 aromatic heterocycles. The van der Waals surface area contributed by atoms with Gasteiger partial charge in [-0.05, 0) is 43.1 Å². The van der Waals surface area contributed by atoms with Crippen LogP contribution in [-0.4, -0.2) is 46.8 Å². The van der Waals surface area contributed by atoms with Crippen molar-refractivity contribution in [2.24, 2.45) is 0 Å². The molecular weight excluding hydrogens is 359 g/mol. The third-order valence-corrected chi connectivity index (χ3v) is 4.81. The van der Waals surface area contributed by atoms with Crippen molar-refractivity contribution in [2.75, 3.05) is 20.1 Å². The van der Waals surface area contributed by atoms with Gasteiger partial charge in [0.05, 0.1) is 23.1 Å². The lowest BCUT2D eigenvalue weighted by molar-refractivity contribution is 0.0742. The molecule has 1 unspecified atom stereocenters. The van der Waals surface area contributed by atoms with Crippen LogP contribution >= 0.6 is 24.0 Å². The summed E-state index contributed by atoms with van der Waals surface area (Å²) in [7, 11) is 1.88. The number of nitrogens with zero attached hydrogens (tertiary/aromatic N) is 3. The molecule has 1 atom stereocenters. The molecule has 0 aliphatic carbocycles. The number of rotatable bonds is 4. The maximum Gasteiger partial charge on any atom is 0.257 e. The van der Waals surface area contributed by atoms with E-state index in [0.29, 0.717) is 10.6 Å². The average Bonchev–Trinajstić information content (AvgIpc) is 3.23. The van der Waals surface area contributed by atoms with Crippen molar-refractivity contribution in [3.63, 3.8) is 0 Å². The molecule has 1 amide bonds. The summed E-state index contributed by atoms with van der Waals surface area (Å²) in [6.45, 7) is 5.97. The Morgan fingerprint density at radius 3 is 2.60 bits per heavy atom. The van der Waals surface area contributed by atoms with Crippen LogP contribution in [0.25, 0.3) is 5.69 Å². The zero-order valence-corrected chi connectivity index (χ0v) is 16.3. The highest BCUT2D eigenvalue weighted by Gasteiger charge is 2.28. The molecule has 7 heteroatoms. The van der Waals surface area contributed by atoms with Crippen molar-refractivity contribution < 1.29 is 4.79 Å². The molecule has 0 saturated carbocycles. The third-order valence-electron chi connectivity index (χ3n) is 4.56. The van der Waals surface area contributed by atoms with Gasteiger partial charge in [-0.2, -0.15) is 5.10 Å². The van der Waals surface area contributed by atoms with E-state index in [1.807, 2.05) is 40.9 Å². The van der Waals surface area contributed by atoms with Crippen molar-refractivity contribution in [3.05, 3.63) is 46.7 Å². The van der Waals surface area contributed by atoms with Gasteiger partial charge in [0.1, 0.15) is 0 Å². The molecule has 5 nitrogen and oxygen atoms in total. The van der Waals surface area contributed by atoms with E-state index in [4.69, 9.17) is 11.6 Å². The number of amides is 1. The normalized spacial score (nSPS) is 16.8. The Kier molecular flexibility index (Phi) is 6.49. The van der Waals surface area contributed by atoms with Gasteiger partial charge in [0, 0.05) is 24.7 Å². The van der Waals surface area contributed by atoms with E-state index in [1.54, 1.807) is 6.20 Å². The zero-order chi connectivity index (χ0) is 17.3. The molecule has 1 aromatic carbocycles. The van der Waals surface area contributed by atoms with Crippen LogP contribution < -0.4 is 5.32 Å².